The van der Waals surface area contributed by atoms with Gasteiger partial charge in [0.1, 0.15) is 5.60 Å². The fraction of sp³-hybridized carbons (Fsp3) is 0.947. The molecule has 0 saturated heterocycles. The van der Waals surface area contributed by atoms with Crippen LogP contribution in [0.15, 0.2) is 0 Å². The molecule has 0 spiro atoms. The van der Waals surface area contributed by atoms with E-state index in [2.05, 4.69) is 26.1 Å². The van der Waals surface area contributed by atoms with Gasteiger partial charge in [-0.25, -0.2) is 4.79 Å². The molecule has 134 valence electrons. The van der Waals surface area contributed by atoms with Gasteiger partial charge in [-0.15, -0.1) is 0 Å². The number of amides is 1. The average Bonchev–Trinajstić information content (AvgIpc) is 2.86. The molecule has 4 heteroatoms. The number of hydrogen-bond donors (Lipinski definition) is 1. The fourth-order valence-electron chi connectivity index (χ4n) is 4.81. The van der Waals surface area contributed by atoms with Crippen molar-refractivity contribution in [1.29, 1.82) is 0 Å². The molecule has 2 aliphatic carbocycles. The average molecular weight is 325 g/mol. The van der Waals surface area contributed by atoms with Crippen molar-refractivity contribution in [2.45, 2.75) is 78.9 Å². The number of hydrogen-bond acceptors (Lipinski definition) is 3. The summed E-state index contributed by atoms with van der Waals surface area (Å²) >= 11 is 0. The summed E-state index contributed by atoms with van der Waals surface area (Å²) in [5.41, 5.74) is 0.431. The minimum absolute atomic E-state index is 0.232. The highest BCUT2D eigenvalue weighted by molar-refractivity contribution is 5.67. The molecule has 3 unspecified atom stereocenters. The minimum atomic E-state index is -0.425. The summed E-state index contributed by atoms with van der Waals surface area (Å²) in [7, 11) is 1.82. The molecule has 23 heavy (non-hydrogen) atoms. The molecule has 2 rings (SSSR count). The van der Waals surface area contributed by atoms with Crippen molar-refractivity contribution in [3.8, 4) is 0 Å². The summed E-state index contributed by atoms with van der Waals surface area (Å²) in [4.78, 5) is 13.6. The number of carbonyl (C=O) groups excluding carboxylic acids is 1. The van der Waals surface area contributed by atoms with E-state index in [4.69, 9.17) is 4.74 Å². The first-order chi connectivity index (χ1) is 10.5. The maximum atomic E-state index is 12.0. The Labute approximate surface area is 142 Å². The quantitative estimate of drug-likeness (QED) is 0.776. The molecule has 4 nitrogen and oxygen atoms in total. The number of rotatable bonds is 5. The fourth-order valence-corrected chi connectivity index (χ4v) is 4.81. The second-order valence-electron chi connectivity index (χ2n) is 9.56. The predicted octanol–water partition coefficient (Wildman–Crippen LogP) is 4.05. The third kappa shape index (κ3) is 4.01. The normalized spacial score (nSPS) is 32.1. The highest BCUT2D eigenvalue weighted by Gasteiger charge is 2.58. The highest BCUT2D eigenvalue weighted by Crippen LogP contribution is 2.62. The van der Waals surface area contributed by atoms with Crippen LogP contribution in [0.4, 0.5) is 4.79 Å². The summed E-state index contributed by atoms with van der Waals surface area (Å²) in [6.07, 6.45) is 4.85. The van der Waals surface area contributed by atoms with Crippen molar-refractivity contribution in [2.24, 2.45) is 16.7 Å². The monoisotopic (exact) mass is 324 g/mol. The Kier molecular flexibility index (Phi) is 5.06. The number of nitrogens with zero attached hydrogens (tertiary/aromatic N) is 1. The van der Waals surface area contributed by atoms with E-state index in [-0.39, 0.29) is 6.09 Å². The number of fused-ring (bicyclic) bond motifs is 2. The molecule has 2 aliphatic rings. The van der Waals surface area contributed by atoms with E-state index in [9.17, 15) is 4.79 Å². The van der Waals surface area contributed by atoms with Crippen molar-refractivity contribution in [2.75, 3.05) is 20.1 Å². The van der Waals surface area contributed by atoms with E-state index in [0.29, 0.717) is 16.9 Å². The van der Waals surface area contributed by atoms with Gasteiger partial charge in [-0.3, -0.25) is 0 Å². The summed E-state index contributed by atoms with van der Waals surface area (Å²) < 4.78 is 5.39. The molecular formula is C19H36N2O2. The molecule has 2 bridgehead atoms. The Morgan fingerprint density at radius 3 is 2.48 bits per heavy atom. The van der Waals surface area contributed by atoms with Gasteiger partial charge >= 0.3 is 6.09 Å². The maximum Gasteiger partial charge on any atom is 0.410 e. The first kappa shape index (κ1) is 18.6. The number of carbonyl (C=O) groups is 1. The van der Waals surface area contributed by atoms with Crippen LogP contribution in [-0.2, 0) is 4.74 Å². The standard InChI is InChI=1S/C19H36N2O2/c1-17(2,3)23-16(22)21(7)12-8-11-20-15-18(4,5)14-9-10-19(15,6)13-14/h14-15,20H,8-13H2,1-7H3. The summed E-state index contributed by atoms with van der Waals surface area (Å²) in [6.45, 7) is 14.7. The summed E-state index contributed by atoms with van der Waals surface area (Å²) in [5, 5.41) is 3.81. The van der Waals surface area contributed by atoms with Gasteiger partial charge < -0.3 is 15.0 Å². The van der Waals surface area contributed by atoms with Gasteiger partial charge in [-0.1, -0.05) is 20.8 Å². The van der Waals surface area contributed by atoms with Crippen molar-refractivity contribution >= 4 is 6.09 Å². The molecule has 0 aromatic rings. The third-order valence-corrected chi connectivity index (χ3v) is 5.99. The van der Waals surface area contributed by atoms with Gasteiger partial charge in [0.25, 0.3) is 0 Å². The second-order valence-corrected chi connectivity index (χ2v) is 9.56. The van der Waals surface area contributed by atoms with Gasteiger partial charge in [-0.2, -0.15) is 0 Å². The van der Waals surface area contributed by atoms with Crippen LogP contribution in [0.2, 0.25) is 0 Å². The van der Waals surface area contributed by atoms with Gasteiger partial charge in [0.2, 0.25) is 0 Å². The van der Waals surface area contributed by atoms with Crippen molar-refractivity contribution in [3.63, 3.8) is 0 Å². The minimum Gasteiger partial charge on any atom is -0.444 e. The van der Waals surface area contributed by atoms with Crippen LogP contribution >= 0.6 is 0 Å². The van der Waals surface area contributed by atoms with Crippen LogP contribution in [0.25, 0.3) is 0 Å². The first-order valence-corrected chi connectivity index (χ1v) is 9.13. The molecule has 2 saturated carbocycles. The molecule has 1 amide bonds. The van der Waals surface area contributed by atoms with Crippen LogP contribution < -0.4 is 5.32 Å². The molecule has 3 atom stereocenters. The molecule has 0 aromatic heterocycles. The van der Waals surface area contributed by atoms with Crippen LogP contribution in [0.1, 0.15) is 67.2 Å². The molecule has 2 fully saturated rings. The Balaban J connectivity index is 1.74. The zero-order valence-electron chi connectivity index (χ0n) is 16.2. The lowest BCUT2D eigenvalue weighted by molar-refractivity contribution is 0.0294. The van der Waals surface area contributed by atoms with Crippen molar-refractivity contribution in [3.05, 3.63) is 0 Å². The molecule has 1 N–H and O–H groups in total. The first-order valence-electron chi connectivity index (χ1n) is 9.13. The van der Waals surface area contributed by atoms with E-state index < -0.39 is 5.60 Å². The van der Waals surface area contributed by atoms with Crippen LogP contribution in [0.5, 0.6) is 0 Å². The lowest BCUT2D eigenvalue weighted by Gasteiger charge is -2.43. The van der Waals surface area contributed by atoms with Gasteiger partial charge in [-0.05, 0) is 69.7 Å². The van der Waals surface area contributed by atoms with Crippen LogP contribution in [0.3, 0.4) is 0 Å². The Bertz CT molecular complexity index is 436. The van der Waals surface area contributed by atoms with Crippen LogP contribution in [-0.4, -0.2) is 42.8 Å². The van der Waals surface area contributed by atoms with E-state index >= 15 is 0 Å². The third-order valence-electron chi connectivity index (χ3n) is 5.99. The van der Waals surface area contributed by atoms with E-state index in [0.717, 1.165) is 25.4 Å². The van der Waals surface area contributed by atoms with E-state index in [1.54, 1.807) is 4.90 Å². The lowest BCUT2D eigenvalue weighted by Crippen LogP contribution is -2.50. The zero-order chi connectivity index (χ0) is 17.5. The molecule has 0 radical (unpaired) electrons. The summed E-state index contributed by atoms with van der Waals surface area (Å²) in [5.74, 6) is 0.870. The lowest BCUT2D eigenvalue weighted by atomic mass is 9.68. The number of ether oxygens (including phenoxy) is 1. The smallest absolute Gasteiger partial charge is 0.410 e. The zero-order valence-corrected chi connectivity index (χ0v) is 16.2. The van der Waals surface area contributed by atoms with Gasteiger partial charge in [0.05, 0.1) is 0 Å². The van der Waals surface area contributed by atoms with E-state index in [1.165, 1.54) is 19.3 Å². The largest absolute Gasteiger partial charge is 0.444 e. The van der Waals surface area contributed by atoms with Crippen LogP contribution in [0, 0.1) is 16.7 Å². The summed E-state index contributed by atoms with van der Waals surface area (Å²) in [6, 6.07) is 0.598. The van der Waals surface area contributed by atoms with Gasteiger partial charge in [0.15, 0.2) is 0 Å². The van der Waals surface area contributed by atoms with Crippen molar-refractivity contribution < 1.29 is 9.53 Å². The Morgan fingerprint density at radius 2 is 1.96 bits per heavy atom. The maximum absolute atomic E-state index is 12.0. The predicted molar refractivity (Wildman–Crippen MR) is 94.5 cm³/mol. The molecule has 0 aromatic carbocycles. The highest BCUT2D eigenvalue weighted by atomic mass is 16.6. The SMILES string of the molecule is CN(CCCNC1C2(C)CCC(C2)C1(C)C)C(=O)OC(C)(C)C. The van der Waals surface area contributed by atoms with Crippen molar-refractivity contribution in [1.82, 2.24) is 10.2 Å². The Morgan fingerprint density at radius 1 is 1.30 bits per heavy atom. The van der Waals surface area contributed by atoms with Gasteiger partial charge in [0, 0.05) is 19.6 Å². The topological polar surface area (TPSA) is 41.6 Å². The number of nitrogens with one attached hydrogen (secondary N) is 1. The molecule has 0 aliphatic heterocycles. The Hall–Kier alpha value is -0.770. The van der Waals surface area contributed by atoms with E-state index in [1.807, 2.05) is 27.8 Å². The molecule has 0 heterocycles. The molecular weight excluding hydrogens is 288 g/mol. The second kappa shape index (κ2) is 6.27.